The Morgan fingerprint density at radius 1 is 1.20 bits per heavy atom. The van der Waals surface area contributed by atoms with Crippen molar-refractivity contribution in [3.8, 4) is 0 Å². The number of fused-ring (bicyclic) bond motifs is 2. The molecule has 1 fully saturated rings. The number of carbonyl (C=O) groups excluding carboxylic acids is 3. The summed E-state index contributed by atoms with van der Waals surface area (Å²) in [6.45, 7) is 1.70. The van der Waals surface area contributed by atoms with Crippen molar-refractivity contribution in [2.24, 2.45) is 5.16 Å². The predicted molar refractivity (Wildman–Crippen MR) is 166 cm³/mol. The minimum absolute atomic E-state index is 0.0210. The van der Waals surface area contributed by atoms with Crippen LogP contribution in [0.1, 0.15) is 31.7 Å². The Labute approximate surface area is 273 Å². The van der Waals surface area contributed by atoms with Crippen LogP contribution in [0.4, 0.5) is 5.13 Å². The molecule has 2 atom stereocenters. The maximum absolute atomic E-state index is 13.3. The van der Waals surface area contributed by atoms with Crippen LogP contribution in [-0.2, 0) is 19.2 Å². The molecule has 2 aliphatic heterocycles. The molecule has 5 N–H and O–H groups in total. The van der Waals surface area contributed by atoms with E-state index < -0.39 is 52.7 Å². The first-order valence-electron chi connectivity index (χ1n) is 12.9. The normalized spacial score (nSPS) is 17.9. The lowest BCUT2D eigenvalue weighted by atomic mass is 10.0. The molecular formula is C25H19N9O8S4. The first-order chi connectivity index (χ1) is 22.0. The highest BCUT2D eigenvalue weighted by Crippen LogP contribution is 2.41. The van der Waals surface area contributed by atoms with E-state index in [1.54, 1.807) is 24.4 Å². The van der Waals surface area contributed by atoms with Gasteiger partial charge in [0.2, 0.25) is 0 Å². The molecule has 6 rings (SSSR count). The number of amides is 2. The second-order valence-corrected chi connectivity index (χ2v) is 13.4. The number of aromatic nitrogens is 5. The number of carboxylic acid groups (broad SMARTS) is 2. The fraction of sp³-hybridized carbons (Fsp3) is 0.200. The third kappa shape index (κ3) is 5.91. The first-order valence-corrected chi connectivity index (χ1v) is 16.7. The lowest BCUT2D eigenvalue weighted by Gasteiger charge is -2.49. The molecule has 0 bridgehead atoms. The van der Waals surface area contributed by atoms with Crippen LogP contribution in [0.5, 0.6) is 0 Å². The van der Waals surface area contributed by atoms with E-state index >= 15 is 0 Å². The number of nitrogens with two attached hydrogens (primary N) is 1. The van der Waals surface area contributed by atoms with Gasteiger partial charge in [-0.25, -0.2) is 24.4 Å². The van der Waals surface area contributed by atoms with Crippen molar-refractivity contribution in [2.75, 3.05) is 17.2 Å². The highest BCUT2D eigenvalue weighted by molar-refractivity contribution is 8.01. The largest absolute Gasteiger partial charge is 0.477 e. The number of nitrogens with one attached hydrogen (secondary N) is 1. The van der Waals surface area contributed by atoms with E-state index in [0.717, 1.165) is 27.6 Å². The van der Waals surface area contributed by atoms with E-state index in [0.29, 0.717) is 16.3 Å². The Morgan fingerprint density at radius 2 is 2.00 bits per heavy atom. The van der Waals surface area contributed by atoms with Gasteiger partial charge in [0.1, 0.15) is 32.7 Å². The number of aryl methyl sites for hydroxylation is 1. The fourth-order valence-corrected chi connectivity index (χ4v) is 8.12. The molecule has 17 nitrogen and oxygen atoms in total. The third-order valence-corrected chi connectivity index (χ3v) is 10.4. The number of aliphatic carboxylic acids is 1. The summed E-state index contributed by atoms with van der Waals surface area (Å²) in [5.74, 6) is -5.02. The molecule has 2 aliphatic rings. The number of nitrogen functional groups attached to an aromatic ring is 1. The molecule has 236 valence electrons. The minimum atomic E-state index is -1.33. The van der Waals surface area contributed by atoms with E-state index in [1.165, 1.54) is 39.5 Å². The van der Waals surface area contributed by atoms with E-state index in [4.69, 9.17) is 10.6 Å². The standard InChI is InChI=1S/C25H19N9O8S4/c1-9-5-13(34-25(27-9)30-17(31-34)22(39)40)44-6-10-7-45-20-15(19(36)33(20)16(10)21(37)38)29-18(35)14(11-8-46-24(26)28-11)32-42-23(41)12-3-2-4-43-12/h2-5,8,15,20H,6-7H2,1H3,(H2,26,28)(H,29,35)(H,37,38)(H,39,40). The van der Waals surface area contributed by atoms with E-state index in [1.807, 2.05) is 0 Å². The van der Waals surface area contributed by atoms with Gasteiger partial charge in [-0.3, -0.25) is 14.5 Å². The number of nitrogens with zero attached hydrogens (tertiary/aromatic N) is 7. The predicted octanol–water partition coefficient (Wildman–Crippen LogP) is 1.32. The van der Waals surface area contributed by atoms with Gasteiger partial charge in [-0.05, 0) is 30.0 Å². The molecule has 6 heterocycles. The number of oxime groups is 1. The van der Waals surface area contributed by atoms with Crippen LogP contribution in [-0.4, -0.2) is 98.0 Å². The van der Waals surface area contributed by atoms with Gasteiger partial charge in [0.25, 0.3) is 23.4 Å². The van der Waals surface area contributed by atoms with Gasteiger partial charge in [-0.1, -0.05) is 11.2 Å². The first kappa shape index (κ1) is 31.1. The summed E-state index contributed by atoms with van der Waals surface area (Å²) in [4.78, 5) is 81.1. The lowest BCUT2D eigenvalue weighted by molar-refractivity contribution is -0.150. The highest BCUT2D eigenvalue weighted by Gasteiger charge is 2.54. The number of β-lactam (4-membered cyclic amide) rings is 1. The van der Waals surface area contributed by atoms with Crippen molar-refractivity contribution in [1.82, 2.24) is 34.8 Å². The van der Waals surface area contributed by atoms with Crippen LogP contribution in [0.2, 0.25) is 0 Å². The average Bonchev–Trinajstić information content (AvgIpc) is 3.79. The van der Waals surface area contributed by atoms with Crippen molar-refractivity contribution in [3.05, 3.63) is 62.3 Å². The molecule has 2 unspecified atom stereocenters. The molecule has 21 heteroatoms. The van der Waals surface area contributed by atoms with Crippen LogP contribution < -0.4 is 11.1 Å². The summed E-state index contributed by atoms with van der Waals surface area (Å²) in [5.41, 5.74) is 6.10. The van der Waals surface area contributed by atoms with Gasteiger partial charge in [0.15, 0.2) is 10.8 Å². The smallest absolute Gasteiger partial charge is 0.375 e. The lowest BCUT2D eigenvalue weighted by Crippen LogP contribution is -2.71. The molecule has 0 aliphatic carbocycles. The number of hydrogen-bond acceptors (Lipinski definition) is 16. The maximum atomic E-state index is 13.3. The number of carbonyl (C=O) groups is 5. The zero-order valence-electron chi connectivity index (χ0n) is 23.1. The third-order valence-electron chi connectivity index (χ3n) is 6.45. The van der Waals surface area contributed by atoms with Crippen LogP contribution in [0.15, 0.2) is 50.4 Å². The van der Waals surface area contributed by atoms with Gasteiger partial charge < -0.3 is 26.1 Å². The van der Waals surface area contributed by atoms with Crippen molar-refractivity contribution in [3.63, 3.8) is 0 Å². The zero-order chi connectivity index (χ0) is 32.7. The van der Waals surface area contributed by atoms with Crippen molar-refractivity contribution in [1.29, 1.82) is 0 Å². The summed E-state index contributed by atoms with van der Waals surface area (Å²) in [6, 6.07) is 3.72. The molecule has 1 saturated heterocycles. The van der Waals surface area contributed by atoms with Crippen molar-refractivity contribution in [2.45, 2.75) is 23.4 Å². The van der Waals surface area contributed by atoms with Crippen LogP contribution in [0.3, 0.4) is 0 Å². The summed E-state index contributed by atoms with van der Waals surface area (Å²) < 4.78 is 1.26. The van der Waals surface area contributed by atoms with E-state index in [2.05, 4.69) is 30.5 Å². The number of aromatic carboxylic acids is 1. The number of thiazole rings is 1. The Morgan fingerprint density at radius 3 is 2.67 bits per heavy atom. The van der Waals surface area contributed by atoms with Gasteiger partial charge in [-0.15, -0.1) is 51.3 Å². The maximum Gasteiger partial charge on any atom is 0.375 e. The zero-order valence-corrected chi connectivity index (χ0v) is 26.4. The number of anilines is 1. The fourth-order valence-electron chi connectivity index (χ4n) is 4.44. The second-order valence-electron chi connectivity index (χ2n) is 9.46. The van der Waals surface area contributed by atoms with Gasteiger partial charge >= 0.3 is 17.9 Å². The number of hydrogen-bond donors (Lipinski definition) is 4. The topological polar surface area (TPSA) is 245 Å². The summed E-state index contributed by atoms with van der Waals surface area (Å²) in [7, 11) is 0. The molecule has 4 aromatic heterocycles. The Kier molecular flexibility index (Phi) is 8.46. The SMILES string of the molecule is Cc1cc(SCC2=C(C(=O)O)N3C(=O)C(NC(=O)C(=NOC(=O)c4cccs4)c4csc(N)n4)C3SC2)n2nc(C(=O)O)nc2n1. The van der Waals surface area contributed by atoms with E-state index in [9.17, 15) is 34.2 Å². The van der Waals surface area contributed by atoms with E-state index in [-0.39, 0.29) is 38.7 Å². The number of rotatable bonds is 10. The molecule has 4 aromatic rings. The van der Waals surface area contributed by atoms with Crippen LogP contribution in [0, 0.1) is 6.92 Å². The molecule has 0 radical (unpaired) electrons. The Hall–Kier alpha value is -4.86. The number of carboxylic acids is 2. The second kappa shape index (κ2) is 12.5. The van der Waals surface area contributed by atoms with Gasteiger partial charge in [-0.2, -0.15) is 9.50 Å². The highest BCUT2D eigenvalue weighted by atomic mass is 32.2. The average molecular weight is 702 g/mol. The molecule has 0 spiro atoms. The molecular weight excluding hydrogens is 683 g/mol. The monoisotopic (exact) mass is 701 g/mol. The summed E-state index contributed by atoms with van der Waals surface area (Å²) in [6.07, 6.45) is 0. The quantitative estimate of drug-likeness (QED) is 0.0455. The Balaban J connectivity index is 1.20. The molecule has 0 saturated carbocycles. The Bertz CT molecular complexity index is 1990. The van der Waals surface area contributed by atoms with Crippen molar-refractivity contribution >= 4 is 92.5 Å². The molecule has 46 heavy (non-hydrogen) atoms. The number of thiophene rings is 1. The van der Waals surface area contributed by atoms with Gasteiger partial charge in [0, 0.05) is 22.6 Å². The van der Waals surface area contributed by atoms with Crippen molar-refractivity contribution < 1.29 is 39.0 Å². The summed E-state index contributed by atoms with van der Waals surface area (Å²) >= 11 is 4.57. The molecule has 2 amide bonds. The van der Waals surface area contributed by atoms with Crippen LogP contribution in [0.25, 0.3) is 5.78 Å². The van der Waals surface area contributed by atoms with Crippen LogP contribution >= 0.6 is 46.2 Å². The summed E-state index contributed by atoms with van der Waals surface area (Å²) in [5, 5.41) is 32.6. The van der Waals surface area contributed by atoms with Gasteiger partial charge in [0.05, 0.1) is 0 Å². The minimum Gasteiger partial charge on any atom is -0.477 e. The molecule has 0 aromatic carbocycles. The number of thioether (sulfide) groups is 2.